The van der Waals surface area contributed by atoms with Crippen LogP contribution in [0.4, 0.5) is 0 Å². The van der Waals surface area contributed by atoms with Crippen molar-refractivity contribution >= 4 is 11.9 Å². The van der Waals surface area contributed by atoms with E-state index in [-0.39, 0.29) is 12.5 Å². The minimum Gasteiger partial charge on any atom is -0.497 e. The molecule has 0 fully saturated rings. The Labute approximate surface area is 175 Å². The van der Waals surface area contributed by atoms with Crippen molar-refractivity contribution in [1.82, 2.24) is 5.32 Å². The summed E-state index contributed by atoms with van der Waals surface area (Å²) in [7, 11) is 1.59. The van der Waals surface area contributed by atoms with E-state index < -0.39 is 5.97 Å². The third-order valence-corrected chi connectivity index (χ3v) is 4.30. The van der Waals surface area contributed by atoms with Crippen molar-refractivity contribution in [2.75, 3.05) is 13.7 Å². The maximum absolute atomic E-state index is 12.2. The highest BCUT2D eigenvalue weighted by molar-refractivity contribution is 5.91. The van der Waals surface area contributed by atoms with E-state index >= 15 is 0 Å². The molecule has 0 saturated carbocycles. The van der Waals surface area contributed by atoms with Crippen LogP contribution in [0.2, 0.25) is 0 Å². The molecule has 3 rings (SSSR count). The van der Waals surface area contributed by atoms with E-state index in [1.165, 1.54) is 0 Å². The van der Waals surface area contributed by atoms with Gasteiger partial charge in [-0.25, -0.2) is 4.79 Å². The molecule has 0 bridgehead atoms. The van der Waals surface area contributed by atoms with Crippen molar-refractivity contribution in [3.8, 4) is 11.5 Å². The molecule has 0 aromatic heterocycles. The standard InChI is InChI=1S/C24H23NO5/c1-28-21-12-10-18(11-13-21)15-25-23(26)17-30-24(27)20-8-5-9-22(14-20)29-16-19-6-3-2-4-7-19/h2-14H,15-17H2,1H3,(H,25,26). The van der Waals surface area contributed by atoms with Crippen molar-refractivity contribution < 1.29 is 23.8 Å². The average Bonchev–Trinajstić information content (AvgIpc) is 2.81. The minimum atomic E-state index is -0.584. The van der Waals surface area contributed by atoms with Crippen LogP contribution in [0.1, 0.15) is 21.5 Å². The number of esters is 1. The Bertz CT molecular complexity index is 970. The Balaban J connectivity index is 1.45. The van der Waals surface area contributed by atoms with Crippen LogP contribution in [0.3, 0.4) is 0 Å². The zero-order valence-electron chi connectivity index (χ0n) is 16.7. The fourth-order valence-electron chi connectivity index (χ4n) is 2.66. The molecule has 0 saturated heterocycles. The number of rotatable bonds is 9. The van der Waals surface area contributed by atoms with E-state index in [1.807, 2.05) is 54.6 Å². The Morgan fingerprint density at radius 2 is 1.60 bits per heavy atom. The molecule has 1 amide bonds. The summed E-state index contributed by atoms with van der Waals surface area (Å²) in [5.74, 6) is 0.335. The van der Waals surface area contributed by atoms with Crippen molar-refractivity contribution in [3.05, 3.63) is 95.6 Å². The first-order valence-corrected chi connectivity index (χ1v) is 9.47. The van der Waals surface area contributed by atoms with Gasteiger partial charge in [0.15, 0.2) is 6.61 Å². The van der Waals surface area contributed by atoms with Crippen LogP contribution >= 0.6 is 0 Å². The first-order chi connectivity index (χ1) is 14.6. The van der Waals surface area contributed by atoms with Crippen LogP contribution in [0.15, 0.2) is 78.9 Å². The molecule has 6 heteroatoms. The second kappa shape index (κ2) is 10.7. The van der Waals surface area contributed by atoms with Crippen molar-refractivity contribution in [2.45, 2.75) is 13.2 Å². The molecule has 0 radical (unpaired) electrons. The van der Waals surface area contributed by atoms with Crippen molar-refractivity contribution in [1.29, 1.82) is 0 Å². The number of hydrogen-bond donors (Lipinski definition) is 1. The van der Waals surface area contributed by atoms with Gasteiger partial charge in [-0.15, -0.1) is 0 Å². The number of hydrogen-bond acceptors (Lipinski definition) is 5. The number of carbonyl (C=O) groups excluding carboxylic acids is 2. The van der Waals surface area contributed by atoms with Crippen LogP contribution < -0.4 is 14.8 Å². The normalized spacial score (nSPS) is 10.2. The monoisotopic (exact) mass is 405 g/mol. The molecule has 6 nitrogen and oxygen atoms in total. The van der Waals surface area contributed by atoms with Crippen LogP contribution in [-0.2, 0) is 22.7 Å². The highest BCUT2D eigenvalue weighted by Crippen LogP contribution is 2.16. The van der Waals surface area contributed by atoms with Crippen LogP contribution in [0.5, 0.6) is 11.5 Å². The van der Waals surface area contributed by atoms with Crippen LogP contribution in [-0.4, -0.2) is 25.6 Å². The second-order valence-corrected chi connectivity index (χ2v) is 6.50. The van der Waals surface area contributed by atoms with Gasteiger partial charge in [0.05, 0.1) is 12.7 Å². The smallest absolute Gasteiger partial charge is 0.338 e. The SMILES string of the molecule is COc1ccc(CNC(=O)COC(=O)c2cccc(OCc3ccccc3)c2)cc1. The number of methoxy groups -OCH3 is 1. The van der Waals surface area contributed by atoms with Crippen molar-refractivity contribution in [2.24, 2.45) is 0 Å². The average molecular weight is 405 g/mol. The lowest BCUT2D eigenvalue weighted by Gasteiger charge is -2.09. The summed E-state index contributed by atoms with van der Waals surface area (Å²) in [6.07, 6.45) is 0. The van der Waals surface area contributed by atoms with E-state index in [9.17, 15) is 9.59 Å². The lowest BCUT2D eigenvalue weighted by Crippen LogP contribution is -2.28. The lowest BCUT2D eigenvalue weighted by molar-refractivity contribution is -0.124. The molecule has 0 aliphatic carbocycles. The first kappa shape index (κ1) is 20.9. The van der Waals surface area contributed by atoms with Gasteiger partial charge in [-0.1, -0.05) is 48.5 Å². The number of benzene rings is 3. The molecular weight excluding hydrogens is 382 g/mol. The maximum atomic E-state index is 12.2. The van der Waals surface area contributed by atoms with Gasteiger partial charge in [-0.2, -0.15) is 0 Å². The minimum absolute atomic E-state index is 0.323. The fourth-order valence-corrected chi connectivity index (χ4v) is 2.66. The van der Waals surface area contributed by atoms with Gasteiger partial charge >= 0.3 is 5.97 Å². The summed E-state index contributed by atoms with van der Waals surface area (Å²) >= 11 is 0. The number of ether oxygens (including phenoxy) is 3. The molecular formula is C24H23NO5. The van der Waals surface area contributed by atoms with E-state index in [2.05, 4.69) is 5.32 Å². The topological polar surface area (TPSA) is 73.9 Å². The van der Waals surface area contributed by atoms with Gasteiger partial charge in [0, 0.05) is 6.54 Å². The molecule has 30 heavy (non-hydrogen) atoms. The van der Waals surface area contributed by atoms with Gasteiger partial charge in [-0.05, 0) is 41.5 Å². The lowest BCUT2D eigenvalue weighted by atomic mass is 10.2. The highest BCUT2D eigenvalue weighted by atomic mass is 16.5. The fraction of sp³-hybridized carbons (Fsp3) is 0.167. The second-order valence-electron chi connectivity index (χ2n) is 6.50. The number of amides is 1. The Hall–Kier alpha value is -3.80. The van der Waals surface area contributed by atoms with E-state index in [1.54, 1.807) is 31.4 Å². The van der Waals surface area contributed by atoms with Crippen molar-refractivity contribution in [3.63, 3.8) is 0 Å². The highest BCUT2D eigenvalue weighted by Gasteiger charge is 2.11. The predicted molar refractivity (Wildman–Crippen MR) is 112 cm³/mol. The van der Waals surface area contributed by atoms with E-state index in [4.69, 9.17) is 14.2 Å². The summed E-state index contributed by atoms with van der Waals surface area (Å²) in [4.78, 5) is 24.2. The molecule has 1 N–H and O–H groups in total. The molecule has 3 aromatic carbocycles. The molecule has 0 aliphatic heterocycles. The number of nitrogens with one attached hydrogen (secondary N) is 1. The summed E-state index contributed by atoms with van der Waals surface area (Å²) in [5.41, 5.74) is 2.27. The van der Waals surface area contributed by atoms with Crippen LogP contribution in [0.25, 0.3) is 0 Å². The summed E-state index contributed by atoms with van der Waals surface area (Å²) < 4.78 is 15.9. The maximum Gasteiger partial charge on any atom is 0.338 e. The third-order valence-electron chi connectivity index (χ3n) is 4.30. The Morgan fingerprint density at radius 3 is 2.33 bits per heavy atom. The van der Waals surface area contributed by atoms with E-state index in [0.717, 1.165) is 16.9 Å². The molecule has 154 valence electrons. The van der Waals surface area contributed by atoms with Gasteiger partial charge in [0.2, 0.25) is 0 Å². The van der Waals surface area contributed by atoms with Gasteiger partial charge < -0.3 is 19.5 Å². The zero-order valence-corrected chi connectivity index (χ0v) is 16.7. The summed E-state index contributed by atoms with van der Waals surface area (Å²) in [6.45, 7) is 0.375. The Morgan fingerprint density at radius 1 is 0.833 bits per heavy atom. The number of carbonyl (C=O) groups is 2. The van der Waals surface area contributed by atoms with Gasteiger partial charge in [0.25, 0.3) is 5.91 Å². The molecule has 0 atom stereocenters. The molecule has 0 spiro atoms. The van der Waals surface area contributed by atoms with E-state index in [0.29, 0.717) is 24.5 Å². The van der Waals surface area contributed by atoms with Gasteiger partial charge in [-0.3, -0.25) is 4.79 Å². The summed E-state index contributed by atoms with van der Waals surface area (Å²) in [5, 5.41) is 2.71. The Kier molecular flexibility index (Phi) is 7.44. The quantitative estimate of drug-likeness (QED) is 0.549. The zero-order chi connectivity index (χ0) is 21.2. The first-order valence-electron chi connectivity index (χ1n) is 9.47. The molecule has 0 heterocycles. The predicted octanol–water partition coefficient (Wildman–Crippen LogP) is 3.75. The largest absolute Gasteiger partial charge is 0.497 e. The van der Waals surface area contributed by atoms with Crippen LogP contribution in [0, 0.1) is 0 Å². The van der Waals surface area contributed by atoms with Gasteiger partial charge in [0.1, 0.15) is 18.1 Å². The third kappa shape index (κ3) is 6.38. The molecule has 0 aliphatic rings. The molecule has 3 aromatic rings. The summed E-state index contributed by atoms with van der Waals surface area (Å²) in [6, 6.07) is 23.8. The molecule has 0 unspecified atom stereocenters.